The molecule has 0 aliphatic carbocycles. The molecule has 0 aromatic carbocycles. The summed E-state index contributed by atoms with van der Waals surface area (Å²) in [5, 5.41) is 9.39. The molecule has 3 N–H and O–H groups in total. The molecule has 3 amide bonds. The standard InChI is InChI=1S/C26H30ClF3N6O4S/c1-24(2,31)22(38)33-19(13-40-12-18-9-16(27)14-41-18)21(37)35-8-6-25(10-17-5-3-4-7-32-17)20(11-35)34-36(23(25)39)15-26(28,29)30/h3-5,7,9,14,19H,6,8,10-13,15,31H2,1-2H3,(H,33,38)/t19?,25-/m1/s1. The fraction of sp³-hybridized carbons (Fsp3) is 0.500. The Hall–Kier alpha value is -3.07. The third-order valence-corrected chi connectivity index (χ3v) is 8.03. The van der Waals surface area contributed by atoms with Crippen LogP contribution in [0.3, 0.4) is 0 Å². The summed E-state index contributed by atoms with van der Waals surface area (Å²) in [5.41, 5.74) is 3.90. The SMILES string of the molecule is CC(C)(N)C(=O)NC(COCc1cc(Cl)cs1)C(=O)N1CC[C@]2(Cc3ccccn3)C(=O)N(CC(F)(F)F)N=C2C1. The van der Waals surface area contributed by atoms with Crippen LogP contribution in [-0.4, -0.2) is 82.3 Å². The second-order valence-corrected chi connectivity index (χ2v) is 12.0. The minimum absolute atomic E-state index is 0.0267. The highest BCUT2D eigenvalue weighted by atomic mass is 35.5. The maximum atomic E-state index is 13.7. The monoisotopic (exact) mass is 614 g/mol. The van der Waals surface area contributed by atoms with Crippen LogP contribution >= 0.6 is 22.9 Å². The lowest BCUT2D eigenvalue weighted by Crippen LogP contribution is -2.60. The van der Waals surface area contributed by atoms with Gasteiger partial charge in [-0.25, -0.2) is 5.01 Å². The van der Waals surface area contributed by atoms with Gasteiger partial charge in [0.05, 0.1) is 36.0 Å². The zero-order chi connectivity index (χ0) is 30.0. The van der Waals surface area contributed by atoms with Crippen molar-refractivity contribution in [1.29, 1.82) is 0 Å². The topological polar surface area (TPSA) is 130 Å². The van der Waals surface area contributed by atoms with Gasteiger partial charge >= 0.3 is 6.18 Å². The molecule has 0 spiro atoms. The first kappa shape index (κ1) is 30.9. The van der Waals surface area contributed by atoms with Gasteiger partial charge in [-0.3, -0.25) is 19.4 Å². The van der Waals surface area contributed by atoms with E-state index in [0.717, 1.165) is 4.88 Å². The van der Waals surface area contributed by atoms with E-state index in [1.807, 2.05) is 0 Å². The van der Waals surface area contributed by atoms with E-state index in [-0.39, 0.29) is 44.9 Å². The van der Waals surface area contributed by atoms with Crippen LogP contribution in [0.4, 0.5) is 13.2 Å². The Bertz CT molecular complexity index is 1320. The highest BCUT2D eigenvalue weighted by Crippen LogP contribution is 2.40. The summed E-state index contributed by atoms with van der Waals surface area (Å²) in [5.74, 6) is -1.91. The van der Waals surface area contributed by atoms with Gasteiger partial charge < -0.3 is 20.7 Å². The third-order valence-electron chi connectivity index (χ3n) is 6.78. The number of aromatic nitrogens is 1. The number of amides is 3. The van der Waals surface area contributed by atoms with Gasteiger partial charge in [0.15, 0.2) is 0 Å². The average molecular weight is 615 g/mol. The van der Waals surface area contributed by atoms with Crippen LogP contribution in [0.1, 0.15) is 30.8 Å². The molecule has 1 unspecified atom stereocenters. The van der Waals surface area contributed by atoms with Crippen molar-refractivity contribution in [1.82, 2.24) is 20.2 Å². The first-order chi connectivity index (χ1) is 19.2. The zero-order valence-electron chi connectivity index (χ0n) is 22.4. The summed E-state index contributed by atoms with van der Waals surface area (Å²) >= 11 is 7.33. The number of thiophene rings is 1. The van der Waals surface area contributed by atoms with Crippen LogP contribution in [-0.2, 0) is 32.1 Å². The molecule has 2 aliphatic heterocycles. The van der Waals surface area contributed by atoms with Crippen molar-refractivity contribution in [2.24, 2.45) is 16.3 Å². The van der Waals surface area contributed by atoms with Crippen LogP contribution in [0, 0.1) is 5.41 Å². The number of carbonyl (C=O) groups excluding carboxylic acids is 3. The van der Waals surface area contributed by atoms with Crippen molar-refractivity contribution >= 4 is 46.4 Å². The molecule has 2 atom stereocenters. The number of nitrogens with zero attached hydrogens (tertiary/aromatic N) is 4. The van der Waals surface area contributed by atoms with Crippen molar-refractivity contribution in [2.75, 3.05) is 26.2 Å². The van der Waals surface area contributed by atoms with E-state index in [2.05, 4.69) is 15.4 Å². The highest BCUT2D eigenvalue weighted by molar-refractivity contribution is 7.10. The molecule has 10 nitrogen and oxygen atoms in total. The predicted molar refractivity (Wildman–Crippen MR) is 146 cm³/mol. The van der Waals surface area contributed by atoms with E-state index >= 15 is 0 Å². The van der Waals surface area contributed by atoms with Gasteiger partial charge in [0.1, 0.15) is 18.0 Å². The van der Waals surface area contributed by atoms with Crippen molar-refractivity contribution < 1.29 is 32.3 Å². The Morgan fingerprint density at radius 2 is 2.07 bits per heavy atom. The molecule has 4 heterocycles. The molecule has 4 rings (SSSR count). The zero-order valence-corrected chi connectivity index (χ0v) is 24.0. The van der Waals surface area contributed by atoms with E-state index in [1.54, 1.807) is 29.6 Å². The summed E-state index contributed by atoms with van der Waals surface area (Å²) in [7, 11) is 0. The Morgan fingerprint density at radius 3 is 2.68 bits per heavy atom. The Kier molecular flexibility index (Phi) is 9.07. The largest absolute Gasteiger partial charge is 0.408 e. The van der Waals surface area contributed by atoms with Gasteiger partial charge in [0.25, 0.3) is 5.91 Å². The van der Waals surface area contributed by atoms with Gasteiger partial charge in [-0.15, -0.1) is 11.3 Å². The molecule has 0 bridgehead atoms. The maximum absolute atomic E-state index is 13.7. The predicted octanol–water partition coefficient (Wildman–Crippen LogP) is 2.76. The lowest BCUT2D eigenvalue weighted by Gasteiger charge is -2.39. The minimum Gasteiger partial charge on any atom is -0.373 e. The number of halogens is 4. The number of alkyl halides is 3. The van der Waals surface area contributed by atoms with Crippen molar-refractivity contribution in [3.05, 3.63) is 51.4 Å². The lowest BCUT2D eigenvalue weighted by molar-refractivity contribution is -0.163. The first-order valence-electron chi connectivity index (χ1n) is 12.7. The summed E-state index contributed by atoms with van der Waals surface area (Å²) in [6.07, 6.45) is -3.07. The number of fused-ring (bicyclic) bond motifs is 1. The first-order valence-corrected chi connectivity index (χ1v) is 14.0. The number of hydrogen-bond donors (Lipinski definition) is 2. The molecule has 15 heteroatoms. The fourth-order valence-electron chi connectivity index (χ4n) is 4.67. The Labute approximate surface area is 243 Å². The van der Waals surface area contributed by atoms with Crippen molar-refractivity contribution in [2.45, 2.75) is 51.1 Å². The molecule has 0 radical (unpaired) electrons. The summed E-state index contributed by atoms with van der Waals surface area (Å²) in [6, 6.07) is 5.67. The summed E-state index contributed by atoms with van der Waals surface area (Å²) in [6.45, 7) is 1.21. The molecule has 222 valence electrons. The molecular weight excluding hydrogens is 585 g/mol. The van der Waals surface area contributed by atoms with Crippen molar-refractivity contribution in [3.8, 4) is 0 Å². The summed E-state index contributed by atoms with van der Waals surface area (Å²) in [4.78, 5) is 46.2. The van der Waals surface area contributed by atoms with Crippen LogP contribution < -0.4 is 11.1 Å². The molecule has 1 saturated heterocycles. The Balaban J connectivity index is 1.55. The van der Waals surface area contributed by atoms with E-state index in [0.29, 0.717) is 15.7 Å². The third kappa shape index (κ3) is 7.42. The molecular formula is C26H30ClF3N6O4S. The average Bonchev–Trinajstić information content (AvgIpc) is 3.42. The van der Waals surface area contributed by atoms with Crippen LogP contribution in [0.5, 0.6) is 0 Å². The molecule has 2 aliphatic rings. The number of nitrogens with one attached hydrogen (secondary N) is 1. The van der Waals surface area contributed by atoms with Gasteiger partial charge in [0, 0.05) is 35.1 Å². The number of ether oxygens (including phenoxy) is 1. The van der Waals surface area contributed by atoms with Crippen molar-refractivity contribution in [3.63, 3.8) is 0 Å². The second kappa shape index (κ2) is 12.0. The molecule has 1 fully saturated rings. The van der Waals surface area contributed by atoms with Gasteiger partial charge in [-0.05, 0) is 38.5 Å². The number of carbonyl (C=O) groups is 3. The number of hydrogen-bond acceptors (Lipinski definition) is 8. The number of likely N-dealkylation sites (tertiary alicyclic amines) is 1. The number of rotatable bonds is 10. The quantitative estimate of drug-likeness (QED) is 0.423. The van der Waals surface area contributed by atoms with Gasteiger partial charge in [0.2, 0.25) is 11.8 Å². The fourth-order valence-corrected chi connectivity index (χ4v) is 5.67. The van der Waals surface area contributed by atoms with Crippen LogP contribution in [0.15, 0.2) is 40.9 Å². The molecule has 2 aromatic rings. The highest BCUT2D eigenvalue weighted by Gasteiger charge is 2.55. The van der Waals surface area contributed by atoms with E-state index in [4.69, 9.17) is 22.1 Å². The van der Waals surface area contributed by atoms with E-state index < -0.39 is 47.4 Å². The van der Waals surface area contributed by atoms with Crippen LogP contribution in [0.2, 0.25) is 5.02 Å². The molecule has 41 heavy (non-hydrogen) atoms. The number of nitrogens with two attached hydrogens (primary N) is 1. The summed E-state index contributed by atoms with van der Waals surface area (Å²) < 4.78 is 45.5. The molecule has 0 saturated carbocycles. The number of hydrazone groups is 1. The maximum Gasteiger partial charge on any atom is 0.408 e. The van der Waals surface area contributed by atoms with E-state index in [9.17, 15) is 27.6 Å². The minimum atomic E-state index is -4.66. The normalized spacial score (nSPS) is 20.1. The Morgan fingerprint density at radius 1 is 1.32 bits per heavy atom. The number of pyridine rings is 1. The van der Waals surface area contributed by atoms with Crippen LogP contribution in [0.25, 0.3) is 0 Å². The van der Waals surface area contributed by atoms with Gasteiger partial charge in [-0.1, -0.05) is 17.7 Å². The number of piperidine rings is 1. The lowest BCUT2D eigenvalue weighted by atomic mass is 9.73. The smallest absolute Gasteiger partial charge is 0.373 e. The molecule has 2 aromatic heterocycles. The van der Waals surface area contributed by atoms with E-state index in [1.165, 1.54) is 36.3 Å². The second-order valence-electron chi connectivity index (χ2n) is 10.6. The van der Waals surface area contributed by atoms with Gasteiger partial charge in [-0.2, -0.15) is 18.3 Å².